The van der Waals surface area contributed by atoms with Gasteiger partial charge in [0.05, 0.1) is 0 Å². The SMILES string of the molecule is Cc1ccnc(NC2CCCN(Cc3cnccc3C)C2)n1. The van der Waals surface area contributed by atoms with E-state index in [1.165, 1.54) is 24.0 Å². The third-order valence-electron chi connectivity index (χ3n) is 4.17. The fourth-order valence-electron chi connectivity index (χ4n) is 2.92. The second kappa shape index (κ2) is 6.83. The number of anilines is 1. The minimum atomic E-state index is 0.410. The van der Waals surface area contributed by atoms with Crippen LogP contribution in [0.15, 0.2) is 30.7 Å². The van der Waals surface area contributed by atoms with Gasteiger partial charge in [0, 0.05) is 43.4 Å². The molecule has 1 unspecified atom stereocenters. The normalized spacial score (nSPS) is 19.1. The maximum atomic E-state index is 4.44. The molecule has 1 fully saturated rings. The number of pyridine rings is 1. The average Bonchev–Trinajstić information content (AvgIpc) is 2.50. The van der Waals surface area contributed by atoms with Gasteiger partial charge in [-0.1, -0.05) is 0 Å². The molecule has 3 rings (SSSR count). The summed E-state index contributed by atoms with van der Waals surface area (Å²) in [5.74, 6) is 0.740. The molecule has 0 aliphatic carbocycles. The third kappa shape index (κ3) is 3.80. The lowest BCUT2D eigenvalue weighted by atomic mass is 10.0. The number of aromatic nitrogens is 3. The van der Waals surface area contributed by atoms with E-state index in [0.717, 1.165) is 31.3 Å². The van der Waals surface area contributed by atoms with Crippen LogP contribution in [0, 0.1) is 13.8 Å². The number of aryl methyl sites for hydroxylation is 2. The molecular formula is C17H23N5. The van der Waals surface area contributed by atoms with E-state index >= 15 is 0 Å². The zero-order chi connectivity index (χ0) is 15.4. The van der Waals surface area contributed by atoms with E-state index in [1.54, 1.807) is 0 Å². The lowest BCUT2D eigenvalue weighted by Gasteiger charge is -2.33. The smallest absolute Gasteiger partial charge is 0.223 e. The first-order valence-corrected chi connectivity index (χ1v) is 7.89. The second-order valence-corrected chi connectivity index (χ2v) is 6.04. The van der Waals surface area contributed by atoms with Gasteiger partial charge in [-0.05, 0) is 56.5 Å². The van der Waals surface area contributed by atoms with Crippen LogP contribution in [0.2, 0.25) is 0 Å². The van der Waals surface area contributed by atoms with E-state index in [2.05, 4.69) is 38.2 Å². The average molecular weight is 297 g/mol. The van der Waals surface area contributed by atoms with Crippen molar-refractivity contribution in [1.82, 2.24) is 19.9 Å². The van der Waals surface area contributed by atoms with Crippen LogP contribution >= 0.6 is 0 Å². The first-order chi connectivity index (χ1) is 10.7. The van der Waals surface area contributed by atoms with E-state index < -0.39 is 0 Å². The summed E-state index contributed by atoms with van der Waals surface area (Å²) < 4.78 is 0. The molecule has 1 aliphatic rings. The van der Waals surface area contributed by atoms with Crippen molar-refractivity contribution in [2.45, 2.75) is 39.3 Å². The Bertz CT molecular complexity index is 628. The Morgan fingerprint density at radius 3 is 3.00 bits per heavy atom. The van der Waals surface area contributed by atoms with Crippen molar-refractivity contribution in [2.24, 2.45) is 0 Å². The molecule has 116 valence electrons. The molecule has 22 heavy (non-hydrogen) atoms. The van der Waals surface area contributed by atoms with Crippen molar-refractivity contribution in [3.8, 4) is 0 Å². The molecular weight excluding hydrogens is 274 g/mol. The Morgan fingerprint density at radius 2 is 2.18 bits per heavy atom. The van der Waals surface area contributed by atoms with Crippen LogP contribution in [0.5, 0.6) is 0 Å². The molecule has 0 aromatic carbocycles. The van der Waals surface area contributed by atoms with Crippen molar-refractivity contribution in [3.05, 3.63) is 47.5 Å². The van der Waals surface area contributed by atoms with Crippen LogP contribution in [0.3, 0.4) is 0 Å². The van der Waals surface area contributed by atoms with Crippen molar-refractivity contribution < 1.29 is 0 Å². The van der Waals surface area contributed by atoms with E-state index in [0.29, 0.717) is 6.04 Å². The largest absolute Gasteiger partial charge is 0.350 e. The van der Waals surface area contributed by atoms with Crippen LogP contribution in [0.25, 0.3) is 0 Å². The standard InChI is InChI=1S/C17H23N5/c1-13-5-7-18-10-15(13)11-22-9-3-4-16(12-22)21-17-19-8-6-14(2)20-17/h5-8,10,16H,3-4,9,11-12H2,1-2H3,(H,19,20,21). The topological polar surface area (TPSA) is 53.9 Å². The van der Waals surface area contributed by atoms with E-state index in [-0.39, 0.29) is 0 Å². The molecule has 0 amide bonds. The van der Waals surface area contributed by atoms with Crippen LogP contribution < -0.4 is 5.32 Å². The lowest BCUT2D eigenvalue weighted by molar-refractivity contribution is 0.207. The number of hydrogen-bond donors (Lipinski definition) is 1. The number of rotatable bonds is 4. The van der Waals surface area contributed by atoms with Crippen LogP contribution in [0.1, 0.15) is 29.7 Å². The fraction of sp³-hybridized carbons (Fsp3) is 0.471. The summed E-state index contributed by atoms with van der Waals surface area (Å²) in [6, 6.07) is 4.41. The molecule has 0 saturated carbocycles. The number of piperidine rings is 1. The van der Waals surface area contributed by atoms with E-state index in [4.69, 9.17) is 0 Å². The molecule has 2 aromatic heterocycles. The number of hydrogen-bond acceptors (Lipinski definition) is 5. The number of likely N-dealkylation sites (tertiary alicyclic amines) is 1. The predicted octanol–water partition coefficient (Wildman–Crippen LogP) is 2.56. The summed E-state index contributed by atoms with van der Waals surface area (Å²) in [6.07, 6.45) is 8.01. The third-order valence-corrected chi connectivity index (χ3v) is 4.17. The minimum Gasteiger partial charge on any atom is -0.350 e. The van der Waals surface area contributed by atoms with Gasteiger partial charge in [0.1, 0.15) is 0 Å². The predicted molar refractivity (Wildman–Crippen MR) is 87.7 cm³/mol. The van der Waals surface area contributed by atoms with Crippen LogP contribution in [-0.4, -0.2) is 39.0 Å². The zero-order valence-electron chi connectivity index (χ0n) is 13.3. The van der Waals surface area contributed by atoms with Crippen molar-refractivity contribution >= 4 is 5.95 Å². The minimum absolute atomic E-state index is 0.410. The van der Waals surface area contributed by atoms with Gasteiger partial charge in [-0.2, -0.15) is 0 Å². The first kappa shape index (κ1) is 14.9. The highest BCUT2D eigenvalue weighted by Gasteiger charge is 2.21. The number of nitrogens with one attached hydrogen (secondary N) is 1. The van der Waals surface area contributed by atoms with Gasteiger partial charge in [0.15, 0.2) is 0 Å². The molecule has 1 aliphatic heterocycles. The first-order valence-electron chi connectivity index (χ1n) is 7.89. The van der Waals surface area contributed by atoms with Gasteiger partial charge in [0.2, 0.25) is 5.95 Å². The van der Waals surface area contributed by atoms with E-state index in [9.17, 15) is 0 Å². The van der Waals surface area contributed by atoms with Crippen LogP contribution in [0.4, 0.5) is 5.95 Å². The Hall–Kier alpha value is -2.01. The van der Waals surface area contributed by atoms with Crippen LogP contribution in [-0.2, 0) is 6.54 Å². The van der Waals surface area contributed by atoms with Gasteiger partial charge in [-0.25, -0.2) is 9.97 Å². The lowest BCUT2D eigenvalue weighted by Crippen LogP contribution is -2.42. The van der Waals surface area contributed by atoms with Gasteiger partial charge in [0.25, 0.3) is 0 Å². The van der Waals surface area contributed by atoms with Crippen molar-refractivity contribution in [3.63, 3.8) is 0 Å². The molecule has 0 spiro atoms. The molecule has 0 bridgehead atoms. The Kier molecular flexibility index (Phi) is 4.63. The molecule has 0 radical (unpaired) electrons. The van der Waals surface area contributed by atoms with Gasteiger partial charge >= 0.3 is 0 Å². The summed E-state index contributed by atoms with van der Waals surface area (Å²) in [5.41, 5.74) is 3.62. The Labute approximate surface area is 131 Å². The molecule has 5 nitrogen and oxygen atoms in total. The summed E-state index contributed by atoms with van der Waals surface area (Å²) in [6.45, 7) is 7.27. The molecule has 2 aromatic rings. The highest BCUT2D eigenvalue weighted by molar-refractivity contribution is 5.27. The molecule has 1 saturated heterocycles. The van der Waals surface area contributed by atoms with E-state index in [1.807, 2.05) is 31.6 Å². The highest BCUT2D eigenvalue weighted by atomic mass is 15.2. The monoisotopic (exact) mass is 297 g/mol. The number of nitrogens with zero attached hydrogens (tertiary/aromatic N) is 4. The Balaban J connectivity index is 1.61. The maximum Gasteiger partial charge on any atom is 0.223 e. The molecule has 3 heterocycles. The van der Waals surface area contributed by atoms with Crippen molar-refractivity contribution in [2.75, 3.05) is 18.4 Å². The van der Waals surface area contributed by atoms with Gasteiger partial charge in [-0.15, -0.1) is 0 Å². The van der Waals surface area contributed by atoms with Gasteiger partial charge in [-0.3, -0.25) is 9.88 Å². The maximum absolute atomic E-state index is 4.44. The summed E-state index contributed by atoms with van der Waals surface area (Å²) in [4.78, 5) is 15.5. The second-order valence-electron chi connectivity index (χ2n) is 6.04. The molecule has 1 atom stereocenters. The molecule has 1 N–H and O–H groups in total. The van der Waals surface area contributed by atoms with Gasteiger partial charge < -0.3 is 5.32 Å². The zero-order valence-corrected chi connectivity index (χ0v) is 13.3. The fourth-order valence-corrected chi connectivity index (χ4v) is 2.92. The quantitative estimate of drug-likeness (QED) is 0.940. The molecule has 5 heteroatoms. The summed E-state index contributed by atoms with van der Waals surface area (Å²) >= 11 is 0. The Morgan fingerprint density at radius 1 is 1.27 bits per heavy atom. The van der Waals surface area contributed by atoms with Crippen molar-refractivity contribution in [1.29, 1.82) is 0 Å². The summed E-state index contributed by atoms with van der Waals surface area (Å²) in [5, 5.41) is 3.47. The summed E-state index contributed by atoms with van der Waals surface area (Å²) in [7, 11) is 0. The highest BCUT2D eigenvalue weighted by Crippen LogP contribution is 2.17.